The van der Waals surface area contributed by atoms with E-state index in [1.807, 2.05) is 6.07 Å². The minimum Gasteiger partial charge on any atom is -0.467 e. The van der Waals surface area contributed by atoms with Gasteiger partial charge in [0, 0.05) is 18.9 Å². The normalized spacial score (nSPS) is 12.1. The predicted octanol–water partition coefficient (Wildman–Crippen LogP) is 3.29. The highest BCUT2D eigenvalue weighted by Gasteiger charge is 2.19. The predicted molar refractivity (Wildman–Crippen MR) is 82.8 cm³/mol. The molecule has 2 heterocycles. The van der Waals surface area contributed by atoms with E-state index in [1.165, 1.54) is 12.1 Å². The summed E-state index contributed by atoms with van der Waals surface area (Å²) in [4.78, 5) is 12.2. The Bertz CT molecular complexity index is 754. The Labute approximate surface area is 136 Å². The van der Waals surface area contributed by atoms with E-state index in [2.05, 4.69) is 10.4 Å². The largest absolute Gasteiger partial charge is 0.467 e. The maximum atomic E-state index is 13.1. The number of carbonyl (C=O) groups excluding carboxylic acids is 1. The van der Waals surface area contributed by atoms with Crippen LogP contribution in [0.15, 0.2) is 59.5 Å². The first-order chi connectivity index (χ1) is 11.1. The van der Waals surface area contributed by atoms with E-state index < -0.39 is 11.7 Å². The standard InChI is InChI=1S/C16H13ClFN3O2/c17-13-9-11(18)4-5-12(13)16(22)19-10-14(15-3-1-8-23-15)21-7-2-6-20-21/h1-9,14H,10H2,(H,19,22). The number of aromatic nitrogens is 2. The third kappa shape index (κ3) is 3.43. The second-order valence-corrected chi connectivity index (χ2v) is 5.26. The quantitative estimate of drug-likeness (QED) is 0.779. The van der Waals surface area contributed by atoms with Crippen LogP contribution in [0.4, 0.5) is 4.39 Å². The van der Waals surface area contributed by atoms with E-state index >= 15 is 0 Å². The number of hydrogen-bond acceptors (Lipinski definition) is 3. The summed E-state index contributed by atoms with van der Waals surface area (Å²) in [7, 11) is 0. The van der Waals surface area contributed by atoms with Gasteiger partial charge in [0.25, 0.3) is 5.91 Å². The van der Waals surface area contributed by atoms with Crippen LogP contribution in [0.5, 0.6) is 0 Å². The highest BCUT2D eigenvalue weighted by molar-refractivity contribution is 6.33. The van der Waals surface area contributed by atoms with Crippen LogP contribution in [0.1, 0.15) is 22.2 Å². The van der Waals surface area contributed by atoms with Crippen molar-refractivity contribution in [3.05, 3.63) is 77.2 Å². The van der Waals surface area contributed by atoms with Gasteiger partial charge in [-0.2, -0.15) is 5.10 Å². The molecule has 0 radical (unpaired) electrons. The first-order valence-corrected chi connectivity index (χ1v) is 7.28. The van der Waals surface area contributed by atoms with Gasteiger partial charge in [0.15, 0.2) is 0 Å². The maximum absolute atomic E-state index is 13.1. The van der Waals surface area contributed by atoms with Gasteiger partial charge in [0.05, 0.1) is 16.8 Å². The zero-order valence-corrected chi connectivity index (χ0v) is 12.7. The lowest BCUT2D eigenvalue weighted by atomic mass is 10.2. The molecule has 1 aromatic carbocycles. The van der Waals surface area contributed by atoms with Crippen LogP contribution in [0, 0.1) is 5.82 Å². The highest BCUT2D eigenvalue weighted by Crippen LogP contribution is 2.19. The summed E-state index contributed by atoms with van der Waals surface area (Å²) < 4.78 is 20.2. The van der Waals surface area contributed by atoms with Gasteiger partial charge in [0.1, 0.15) is 17.6 Å². The van der Waals surface area contributed by atoms with Gasteiger partial charge in [-0.1, -0.05) is 11.6 Å². The molecule has 0 saturated heterocycles. The molecule has 0 saturated carbocycles. The van der Waals surface area contributed by atoms with Crippen molar-refractivity contribution in [2.75, 3.05) is 6.54 Å². The molecule has 23 heavy (non-hydrogen) atoms. The third-order valence-electron chi connectivity index (χ3n) is 3.35. The lowest BCUT2D eigenvalue weighted by molar-refractivity contribution is 0.0948. The van der Waals surface area contributed by atoms with Gasteiger partial charge in [-0.05, 0) is 36.4 Å². The van der Waals surface area contributed by atoms with Gasteiger partial charge in [-0.15, -0.1) is 0 Å². The summed E-state index contributed by atoms with van der Waals surface area (Å²) in [6.07, 6.45) is 4.99. The van der Waals surface area contributed by atoms with Crippen molar-refractivity contribution >= 4 is 17.5 Å². The monoisotopic (exact) mass is 333 g/mol. The van der Waals surface area contributed by atoms with E-state index in [4.69, 9.17) is 16.0 Å². The van der Waals surface area contributed by atoms with Gasteiger partial charge < -0.3 is 9.73 Å². The molecule has 2 aromatic heterocycles. The molecule has 0 aliphatic heterocycles. The lowest BCUT2D eigenvalue weighted by Crippen LogP contribution is -2.31. The van der Waals surface area contributed by atoms with Gasteiger partial charge in [0.2, 0.25) is 0 Å². The van der Waals surface area contributed by atoms with Crippen LogP contribution >= 0.6 is 11.6 Å². The molecule has 0 aliphatic carbocycles. The van der Waals surface area contributed by atoms with E-state index in [0.29, 0.717) is 5.76 Å². The maximum Gasteiger partial charge on any atom is 0.252 e. The Kier molecular flexibility index (Phi) is 4.43. The van der Waals surface area contributed by atoms with Gasteiger partial charge >= 0.3 is 0 Å². The molecule has 0 fully saturated rings. The number of halogens is 2. The average Bonchev–Trinajstić information content (AvgIpc) is 3.21. The fourth-order valence-corrected chi connectivity index (χ4v) is 2.48. The van der Waals surface area contributed by atoms with E-state index in [-0.39, 0.29) is 23.2 Å². The molecule has 0 spiro atoms. The number of hydrogen-bond donors (Lipinski definition) is 1. The van der Waals surface area contributed by atoms with Crippen LogP contribution in [0.3, 0.4) is 0 Å². The number of furan rings is 1. The molecule has 7 heteroatoms. The summed E-state index contributed by atoms with van der Waals surface area (Å²) in [5.41, 5.74) is 0.215. The van der Waals surface area contributed by atoms with Crippen molar-refractivity contribution in [1.82, 2.24) is 15.1 Å². The summed E-state index contributed by atoms with van der Waals surface area (Å²) in [5.74, 6) is -0.213. The number of amides is 1. The molecule has 1 N–H and O–H groups in total. The average molecular weight is 334 g/mol. The molecule has 0 bridgehead atoms. The highest BCUT2D eigenvalue weighted by atomic mass is 35.5. The van der Waals surface area contributed by atoms with Crippen molar-refractivity contribution in [3.8, 4) is 0 Å². The summed E-state index contributed by atoms with van der Waals surface area (Å²) in [6, 6.07) is 8.72. The smallest absolute Gasteiger partial charge is 0.252 e. The third-order valence-corrected chi connectivity index (χ3v) is 3.66. The van der Waals surface area contributed by atoms with Crippen molar-refractivity contribution in [1.29, 1.82) is 0 Å². The fourth-order valence-electron chi connectivity index (χ4n) is 2.23. The number of nitrogens with zero attached hydrogens (tertiary/aromatic N) is 2. The Hall–Kier alpha value is -2.60. The SMILES string of the molecule is O=C(NCC(c1ccco1)n1cccn1)c1ccc(F)cc1Cl. The minimum absolute atomic E-state index is 0.0659. The molecular formula is C16H13ClFN3O2. The van der Waals surface area contributed by atoms with Crippen molar-refractivity contribution < 1.29 is 13.6 Å². The second kappa shape index (κ2) is 6.66. The number of benzene rings is 1. The molecule has 1 atom stereocenters. The van der Waals surface area contributed by atoms with Gasteiger partial charge in [-0.25, -0.2) is 4.39 Å². The molecular weight excluding hydrogens is 321 g/mol. The number of nitrogens with one attached hydrogen (secondary N) is 1. The lowest BCUT2D eigenvalue weighted by Gasteiger charge is -2.16. The Morgan fingerprint density at radius 2 is 2.26 bits per heavy atom. The Morgan fingerprint density at radius 1 is 1.39 bits per heavy atom. The zero-order chi connectivity index (χ0) is 16.2. The molecule has 5 nitrogen and oxygen atoms in total. The van der Waals surface area contributed by atoms with Crippen LogP contribution < -0.4 is 5.32 Å². The second-order valence-electron chi connectivity index (χ2n) is 4.85. The van der Waals surface area contributed by atoms with Crippen LogP contribution in [0.25, 0.3) is 0 Å². The molecule has 3 rings (SSSR count). The summed E-state index contributed by atoms with van der Waals surface area (Å²) in [5, 5.41) is 7.02. The molecule has 3 aromatic rings. The molecule has 1 amide bonds. The number of rotatable bonds is 5. The Morgan fingerprint density at radius 3 is 2.91 bits per heavy atom. The summed E-state index contributed by atoms with van der Waals surface area (Å²) >= 11 is 5.90. The Balaban J connectivity index is 1.75. The first-order valence-electron chi connectivity index (χ1n) is 6.91. The summed E-state index contributed by atoms with van der Waals surface area (Å²) in [6.45, 7) is 0.252. The molecule has 1 unspecified atom stereocenters. The van der Waals surface area contributed by atoms with Crippen molar-refractivity contribution in [2.24, 2.45) is 0 Å². The van der Waals surface area contributed by atoms with Crippen molar-refractivity contribution in [2.45, 2.75) is 6.04 Å². The van der Waals surface area contributed by atoms with Crippen LogP contribution in [-0.2, 0) is 0 Å². The topological polar surface area (TPSA) is 60.1 Å². The minimum atomic E-state index is -0.489. The fraction of sp³-hybridized carbons (Fsp3) is 0.125. The first kappa shape index (κ1) is 15.3. The van der Waals surface area contributed by atoms with E-state index in [9.17, 15) is 9.18 Å². The van der Waals surface area contributed by atoms with E-state index in [1.54, 1.807) is 35.5 Å². The van der Waals surface area contributed by atoms with Gasteiger partial charge in [-0.3, -0.25) is 9.48 Å². The van der Waals surface area contributed by atoms with Crippen molar-refractivity contribution in [3.63, 3.8) is 0 Å². The van der Waals surface area contributed by atoms with E-state index in [0.717, 1.165) is 6.07 Å². The van der Waals surface area contributed by atoms with Crippen LogP contribution in [0.2, 0.25) is 5.02 Å². The molecule has 0 aliphatic rings. The number of carbonyl (C=O) groups is 1. The zero-order valence-electron chi connectivity index (χ0n) is 11.9. The van der Waals surface area contributed by atoms with Crippen LogP contribution in [-0.4, -0.2) is 22.2 Å². The molecule has 118 valence electrons.